The van der Waals surface area contributed by atoms with E-state index in [1.807, 2.05) is 4.90 Å². The Bertz CT molecular complexity index is 432. The Labute approximate surface area is 111 Å². The van der Waals surface area contributed by atoms with Crippen LogP contribution in [-0.2, 0) is 4.79 Å². The molecular weight excluding hydrogens is 252 g/mol. The summed E-state index contributed by atoms with van der Waals surface area (Å²) in [5.41, 5.74) is 6.20. The largest absolute Gasteiger partial charge is 0.396 e. The van der Waals surface area contributed by atoms with E-state index in [1.165, 1.54) is 12.6 Å². The summed E-state index contributed by atoms with van der Waals surface area (Å²) in [5.74, 6) is 0.593. The van der Waals surface area contributed by atoms with Gasteiger partial charge in [0.2, 0.25) is 5.91 Å². The second-order valence-electron chi connectivity index (χ2n) is 4.39. The molecule has 3 N–H and O–H groups in total. The lowest BCUT2D eigenvalue weighted by atomic mass is 10.1. The lowest BCUT2D eigenvalue weighted by molar-refractivity contribution is -0.130. The van der Waals surface area contributed by atoms with Crippen LogP contribution >= 0.6 is 11.6 Å². The average Bonchev–Trinajstić information content (AvgIpc) is 2.38. The fraction of sp³-hybridized carbons (Fsp3) is 0.500. The van der Waals surface area contributed by atoms with Gasteiger partial charge in [-0.3, -0.25) is 4.79 Å². The first-order valence-electron chi connectivity index (χ1n) is 6.09. The summed E-state index contributed by atoms with van der Waals surface area (Å²) in [4.78, 5) is 17.9. The molecule has 0 aliphatic carbocycles. The molecule has 6 heteroatoms. The standard InChI is InChI=1S/C12H17ClN4O/c13-9-6-10(14)12(15-7-9)16-8-11(18)17-4-2-1-3-5-17/h6-7H,1-5,8,14H2,(H,15,16). The molecule has 1 aromatic rings. The minimum atomic E-state index is 0.0888. The van der Waals surface area contributed by atoms with Crippen molar-refractivity contribution < 1.29 is 4.79 Å². The minimum Gasteiger partial charge on any atom is -0.396 e. The molecule has 1 aliphatic rings. The molecule has 0 bridgehead atoms. The number of hydrogen-bond acceptors (Lipinski definition) is 4. The molecule has 0 unspecified atom stereocenters. The summed E-state index contributed by atoms with van der Waals surface area (Å²) in [7, 11) is 0. The van der Waals surface area contributed by atoms with Crippen LogP contribution in [0.2, 0.25) is 5.02 Å². The third-order valence-electron chi connectivity index (χ3n) is 3.00. The van der Waals surface area contributed by atoms with Crippen molar-refractivity contribution in [2.75, 3.05) is 30.7 Å². The number of anilines is 2. The van der Waals surface area contributed by atoms with Crippen molar-refractivity contribution in [3.63, 3.8) is 0 Å². The number of nitrogens with two attached hydrogens (primary N) is 1. The van der Waals surface area contributed by atoms with Crippen molar-refractivity contribution in [3.8, 4) is 0 Å². The number of likely N-dealkylation sites (tertiary alicyclic amines) is 1. The van der Waals surface area contributed by atoms with Crippen LogP contribution in [-0.4, -0.2) is 35.4 Å². The summed E-state index contributed by atoms with van der Waals surface area (Å²) in [5, 5.41) is 3.44. The van der Waals surface area contributed by atoms with E-state index in [2.05, 4.69) is 10.3 Å². The maximum Gasteiger partial charge on any atom is 0.241 e. The van der Waals surface area contributed by atoms with Gasteiger partial charge in [0.15, 0.2) is 0 Å². The molecule has 2 rings (SSSR count). The number of hydrogen-bond donors (Lipinski definition) is 2. The molecule has 0 atom stereocenters. The number of halogens is 1. The average molecular weight is 269 g/mol. The van der Waals surface area contributed by atoms with Crippen molar-refractivity contribution in [3.05, 3.63) is 17.3 Å². The van der Waals surface area contributed by atoms with Crippen molar-refractivity contribution in [2.45, 2.75) is 19.3 Å². The van der Waals surface area contributed by atoms with Gasteiger partial charge >= 0.3 is 0 Å². The van der Waals surface area contributed by atoms with Crippen molar-refractivity contribution >= 4 is 29.0 Å². The lowest BCUT2D eigenvalue weighted by Gasteiger charge is -2.26. The number of rotatable bonds is 3. The highest BCUT2D eigenvalue weighted by Crippen LogP contribution is 2.19. The molecule has 2 heterocycles. The quantitative estimate of drug-likeness (QED) is 0.876. The summed E-state index contributed by atoms with van der Waals surface area (Å²) >= 11 is 5.76. The molecule has 18 heavy (non-hydrogen) atoms. The molecule has 1 amide bonds. The summed E-state index contributed by atoms with van der Waals surface area (Å²) in [6.45, 7) is 1.92. The Morgan fingerprint density at radius 3 is 2.83 bits per heavy atom. The molecule has 1 aliphatic heterocycles. The van der Waals surface area contributed by atoms with Gasteiger partial charge < -0.3 is 16.0 Å². The fourth-order valence-corrected chi connectivity index (χ4v) is 2.18. The number of aromatic nitrogens is 1. The van der Waals surface area contributed by atoms with Gasteiger partial charge in [-0.15, -0.1) is 0 Å². The Morgan fingerprint density at radius 1 is 1.44 bits per heavy atom. The van der Waals surface area contributed by atoms with Crippen LogP contribution in [0.5, 0.6) is 0 Å². The van der Waals surface area contributed by atoms with E-state index in [4.69, 9.17) is 17.3 Å². The number of amides is 1. The van der Waals surface area contributed by atoms with E-state index in [9.17, 15) is 4.79 Å². The number of pyridine rings is 1. The third-order valence-corrected chi connectivity index (χ3v) is 3.21. The van der Waals surface area contributed by atoms with Gasteiger partial charge in [0, 0.05) is 19.3 Å². The number of carbonyl (C=O) groups is 1. The topological polar surface area (TPSA) is 71.2 Å². The van der Waals surface area contributed by atoms with E-state index >= 15 is 0 Å². The smallest absolute Gasteiger partial charge is 0.241 e. The predicted molar refractivity (Wildman–Crippen MR) is 72.6 cm³/mol. The lowest BCUT2D eigenvalue weighted by Crippen LogP contribution is -2.39. The van der Waals surface area contributed by atoms with E-state index < -0.39 is 0 Å². The van der Waals surface area contributed by atoms with Crippen molar-refractivity contribution in [1.82, 2.24) is 9.88 Å². The number of carbonyl (C=O) groups excluding carboxylic acids is 1. The zero-order valence-corrected chi connectivity index (χ0v) is 10.9. The maximum atomic E-state index is 11.9. The van der Waals surface area contributed by atoms with Crippen LogP contribution in [0.4, 0.5) is 11.5 Å². The van der Waals surface area contributed by atoms with Gasteiger partial charge in [-0.25, -0.2) is 4.98 Å². The number of nitrogens with zero attached hydrogens (tertiary/aromatic N) is 2. The second-order valence-corrected chi connectivity index (χ2v) is 4.82. The van der Waals surface area contributed by atoms with Crippen molar-refractivity contribution in [2.24, 2.45) is 0 Å². The van der Waals surface area contributed by atoms with Crippen LogP contribution < -0.4 is 11.1 Å². The zero-order chi connectivity index (χ0) is 13.0. The summed E-state index contributed by atoms with van der Waals surface area (Å²) in [6, 6.07) is 1.61. The van der Waals surface area contributed by atoms with Crippen LogP contribution in [0.3, 0.4) is 0 Å². The van der Waals surface area contributed by atoms with E-state index in [1.54, 1.807) is 6.07 Å². The Kier molecular flexibility index (Phi) is 4.25. The first-order chi connectivity index (χ1) is 8.66. The first-order valence-corrected chi connectivity index (χ1v) is 6.47. The molecule has 0 aromatic carbocycles. The highest BCUT2D eigenvalue weighted by molar-refractivity contribution is 6.30. The number of nitrogen functional groups attached to an aromatic ring is 1. The molecule has 1 aromatic heterocycles. The number of piperidine rings is 1. The summed E-state index contributed by atoms with van der Waals surface area (Å²) in [6.07, 6.45) is 4.90. The van der Waals surface area contributed by atoms with Crippen molar-refractivity contribution in [1.29, 1.82) is 0 Å². The summed E-state index contributed by atoms with van der Waals surface area (Å²) < 4.78 is 0. The van der Waals surface area contributed by atoms with Crippen LogP contribution in [0.15, 0.2) is 12.3 Å². The van der Waals surface area contributed by atoms with Gasteiger partial charge in [-0.05, 0) is 25.3 Å². The Hall–Kier alpha value is -1.49. The van der Waals surface area contributed by atoms with Gasteiger partial charge in [0.25, 0.3) is 0 Å². The fourth-order valence-electron chi connectivity index (χ4n) is 2.02. The molecule has 0 radical (unpaired) electrons. The van der Waals surface area contributed by atoms with E-state index in [0.717, 1.165) is 25.9 Å². The SMILES string of the molecule is Nc1cc(Cl)cnc1NCC(=O)N1CCCCC1. The zero-order valence-electron chi connectivity index (χ0n) is 10.2. The second kappa shape index (κ2) is 5.91. The molecule has 98 valence electrons. The molecule has 1 saturated heterocycles. The monoisotopic (exact) mass is 268 g/mol. The van der Waals surface area contributed by atoms with Crippen LogP contribution in [0.25, 0.3) is 0 Å². The highest BCUT2D eigenvalue weighted by atomic mass is 35.5. The third kappa shape index (κ3) is 3.26. The molecule has 1 fully saturated rings. The molecule has 0 spiro atoms. The Balaban J connectivity index is 1.88. The Morgan fingerprint density at radius 2 is 2.17 bits per heavy atom. The van der Waals surface area contributed by atoms with Gasteiger partial charge in [-0.1, -0.05) is 11.6 Å². The molecule has 5 nitrogen and oxygen atoms in total. The van der Waals surface area contributed by atoms with E-state index in [0.29, 0.717) is 16.5 Å². The van der Waals surface area contributed by atoms with E-state index in [-0.39, 0.29) is 12.5 Å². The minimum absolute atomic E-state index is 0.0888. The van der Waals surface area contributed by atoms with Gasteiger partial charge in [0.1, 0.15) is 5.82 Å². The molecule has 0 saturated carbocycles. The van der Waals surface area contributed by atoms with Gasteiger partial charge in [-0.2, -0.15) is 0 Å². The van der Waals surface area contributed by atoms with Gasteiger partial charge in [0.05, 0.1) is 17.3 Å². The normalized spacial score (nSPS) is 15.5. The number of nitrogens with one attached hydrogen (secondary N) is 1. The highest BCUT2D eigenvalue weighted by Gasteiger charge is 2.16. The molecular formula is C12H17ClN4O. The van der Waals surface area contributed by atoms with Crippen LogP contribution in [0, 0.1) is 0 Å². The first kappa shape index (κ1) is 13.0. The predicted octanol–water partition coefficient (Wildman–Crippen LogP) is 1.74. The maximum absolute atomic E-state index is 11.9. The van der Waals surface area contributed by atoms with Crippen LogP contribution in [0.1, 0.15) is 19.3 Å².